The zero-order chi connectivity index (χ0) is 39.0. The Labute approximate surface area is 301 Å². The van der Waals surface area contributed by atoms with Crippen molar-refractivity contribution in [3.8, 4) is 23.0 Å². The summed E-state index contributed by atoms with van der Waals surface area (Å²) in [6.45, 7) is 12.2. The molecule has 2 aromatic carbocycles. The number of aliphatic hydroxyl groups is 2. The molecule has 282 valence electrons. The van der Waals surface area contributed by atoms with Gasteiger partial charge in [0.15, 0.2) is 12.0 Å². The Bertz CT molecular complexity index is 1860. The van der Waals surface area contributed by atoms with Gasteiger partial charge in [-0.05, 0) is 19.9 Å². The standard InChI is InChI=1S/C38H47NO13/c1-16-11-10-12-17(2)37(48)39-28-23(15-40)32(45)25-26(33(28)46)31(44)21(6)35-27(25)36(47)38(8,52-35)50-14-13-24(49-9)18(3)34(51-22(7)41)20(5)30(43)19(4)29(16)42/h10-16,18-20,24,29-30,34,42-46H,1-9H3,(H,39,48)/b11-10+,14-13+,17-12-/t16-,18-,19+,20-,24-,29-,30+,34+,38-/m0/s1. The molecular weight excluding hydrogens is 678 g/mol. The number of aromatic hydroxyl groups is 3. The first-order valence-electron chi connectivity index (χ1n) is 16.9. The van der Waals surface area contributed by atoms with E-state index < -0.39 is 111 Å². The van der Waals surface area contributed by atoms with Gasteiger partial charge < -0.3 is 49.8 Å². The molecule has 0 fully saturated rings. The van der Waals surface area contributed by atoms with Crippen molar-refractivity contribution in [2.75, 3.05) is 12.4 Å². The van der Waals surface area contributed by atoms with Gasteiger partial charge in [-0.3, -0.25) is 19.2 Å². The third kappa shape index (κ3) is 7.10. The fraction of sp³-hybridized carbons (Fsp3) is 0.474. The first kappa shape index (κ1) is 39.9. The molecule has 3 heterocycles. The monoisotopic (exact) mass is 725 g/mol. The number of ether oxygens (including phenoxy) is 4. The number of hydrogen-bond acceptors (Lipinski definition) is 13. The number of allylic oxidation sites excluding steroid dienone is 2. The van der Waals surface area contributed by atoms with Crippen LogP contribution in [0.2, 0.25) is 0 Å². The summed E-state index contributed by atoms with van der Waals surface area (Å²) in [7, 11) is 1.41. The van der Waals surface area contributed by atoms with E-state index in [1.807, 2.05) is 0 Å². The second-order valence-corrected chi connectivity index (χ2v) is 13.7. The molecule has 5 bridgehead atoms. The minimum atomic E-state index is -2.08. The first-order chi connectivity index (χ1) is 24.3. The maximum Gasteiger partial charge on any atom is 0.312 e. The van der Waals surface area contributed by atoms with Crippen LogP contribution in [0.3, 0.4) is 0 Å². The van der Waals surface area contributed by atoms with Crippen molar-refractivity contribution < 1.29 is 63.7 Å². The summed E-state index contributed by atoms with van der Waals surface area (Å²) in [5, 5.41) is 58.2. The van der Waals surface area contributed by atoms with Gasteiger partial charge in [0.1, 0.15) is 23.4 Å². The molecule has 0 aromatic heterocycles. The highest BCUT2D eigenvalue weighted by molar-refractivity contribution is 6.23. The smallest absolute Gasteiger partial charge is 0.312 e. The van der Waals surface area contributed by atoms with Gasteiger partial charge in [0.25, 0.3) is 11.7 Å². The SMILES string of the molecule is CO[C@H]1/C=C/O[C@@]2(C)Oc3c(C)c(O)c4c(O)c(c(C=O)c(O)c4c3C2=O)NC(=O)/C(C)=C\C=C\[C@H](C)[C@H](O)[C@@H](C)[C@@H](O)[C@H](C)[C@H](OC(C)=O)[C@H]1C. The number of carbonyl (C=O) groups is 4. The molecule has 0 unspecified atom stereocenters. The van der Waals surface area contributed by atoms with Crippen LogP contribution in [0.1, 0.15) is 74.7 Å². The molecule has 0 aliphatic carbocycles. The largest absolute Gasteiger partial charge is 0.507 e. The molecule has 3 aliphatic rings. The van der Waals surface area contributed by atoms with E-state index in [-0.39, 0.29) is 28.7 Å². The molecule has 0 radical (unpaired) electrons. The molecule has 3 aliphatic heterocycles. The Morgan fingerprint density at radius 2 is 1.60 bits per heavy atom. The van der Waals surface area contributed by atoms with Crippen molar-refractivity contribution in [2.45, 2.75) is 85.6 Å². The Morgan fingerprint density at radius 3 is 2.19 bits per heavy atom. The Hall–Kier alpha value is -4.92. The summed E-state index contributed by atoms with van der Waals surface area (Å²) in [6.07, 6.45) is 3.41. The number of hydrogen-bond donors (Lipinski definition) is 6. The molecule has 0 saturated carbocycles. The van der Waals surface area contributed by atoms with Crippen molar-refractivity contribution >= 4 is 40.4 Å². The third-order valence-electron chi connectivity index (χ3n) is 10.2. The van der Waals surface area contributed by atoms with Gasteiger partial charge >= 0.3 is 11.8 Å². The number of phenols is 3. The van der Waals surface area contributed by atoms with Gasteiger partial charge in [-0.1, -0.05) is 45.9 Å². The van der Waals surface area contributed by atoms with Crippen LogP contribution in [0.15, 0.2) is 36.1 Å². The maximum absolute atomic E-state index is 14.0. The van der Waals surface area contributed by atoms with Gasteiger partial charge in [0.2, 0.25) is 0 Å². The van der Waals surface area contributed by atoms with Crippen LogP contribution in [0.5, 0.6) is 23.0 Å². The average molecular weight is 726 g/mol. The van der Waals surface area contributed by atoms with Crippen molar-refractivity contribution in [2.24, 2.45) is 23.7 Å². The highest BCUT2D eigenvalue weighted by atomic mass is 16.7. The molecule has 9 atom stereocenters. The molecule has 0 saturated heterocycles. The summed E-state index contributed by atoms with van der Waals surface area (Å²) in [6, 6.07) is 0. The minimum Gasteiger partial charge on any atom is -0.507 e. The normalized spacial score (nSPS) is 32.3. The van der Waals surface area contributed by atoms with Gasteiger partial charge in [-0.2, -0.15) is 0 Å². The molecule has 0 spiro atoms. The van der Waals surface area contributed by atoms with Gasteiger partial charge in [-0.15, -0.1) is 0 Å². The van der Waals surface area contributed by atoms with Crippen molar-refractivity contribution in [3.05, 3.63) is 52.8 Å². The third-order valence-corrected chi connectivity index (χ3v) is 10.2. The predicted octanol–water partition coefficient (Wildman–Crippen LogP) is 4.57. The van der Waals surface area contributed by atoms with Crippen LogP contribution in [0.25, 0.3) is 10.8 Å². The number of amides is 1. The van der Waals surface area contributed by atoms with Crippen LogP contribution in [0, 0.1) is 30.6 Å². The van der Waals surface area contributed by atoms with E-state index in [0.717, 1.165) is 6.26 Å². The van der Waals surface area contributed by atoms with Crippen molar-refractivity contribution in [1.29, 1.82) is 0 Å². The van der Waals surface area contributed by atoms with Crippen LogP contribution in [-0.4, -0.2) is 86.8 Å². The number of Topliss-reactive ketones (excluding diaryl/α,β-unsaturated/α-hetero) is 1. The number of aldehydes is 1. The number of ketones is 1. The molecule has 6 N–H and O–H groups in total. The van der Waals surface area contributed by atoms with Crippen LogP contribution >= 0.6 is 0 Å². The number of benzene rings is 2. The van der Waals surface area contributed by atoms with Gasteiger partial charge in [-0.25, -0.2) is 0 Å². The highest BCUT2D eigenvalue weighted by Gasteiger charge is 2.50. The molecular formula is C38H47NO13. The predicted molar refractivity (Wildman–Crippen MR) is 189 cm³/mol. The quantitative estimate of drug-likeness (QED) is 0.111. The minimum absolute atomic E-state index is 0.00425. The zero-order valence-corrected chi connectivity index (χ0v) is 30.6. The second-order valence-electron chi connectivity index (χ2n) is 13.7. The molecule has 14 nitrogen and oxygen atoms in total. The number of anilines is 1. The summed E-state index contributed by atoms with van der Waals surface area (Å²) in [5.41, 5.74) is -1.27. The van der Waals surface area contributed by atoms with E-state index in [9.17, 15) is 44.7 Å². The van der Waals surface area contributed by atoms with E-state index in [0.29, 0.717) is 0 Å². The Kier molecular flexibility index (Phi) is 11.8. The Morgan fingerprint density at radius 1 is 0.942 bits per heavy atom. The molecule has 52 heavy (non-hydrogen) atoms. The lowest BCUT2D eigenvalue weighted by molar-refractivity contribution is -0.160. The van der Waals surface area contributed by atoms with E-state index in [1.165, 1.54) is 53.0 Å². The van der Waals surface area contributed by atoms with Crippen molar-refractivity contribution in [1.82, 2.24) is 0 Å². The van der Waals surface area contributed by atoms with Gasteiger partial charge in [0.05, 0.1) is 46.8 Å². The number of rotatable bonds is 3. The number of phenolic OH excluding ortho intramolecular Hbond substituents is 3. The zero-order valence-electron chi connectivity index (χ0n) is 30.6. The summed E-state index contributed by atoms with van der Waals surface area (Å²) in [4.78, 5) is 51.8. The number of esters is 1. The lowest BCUT2D eigenvalue weighted by atomic mass is 9.78. The maximum atomic E-state index is 14.0. The Balaban J connectivity index is 1.93. The number of aliphatic hydroxyl groups excluding tert-OH is 2. The fourth-order valence-electron chi connectivity index (χ4n) is 6.86. The fourth-order valence-corrected chi connectivity index (χ4v) is 6.86. The van der Waals surface area contributed by atoms with E-state index >= 15 is 0 Å². The number of methoxy groups -OCH3 is 1. The molecule has 1 amide bonds. The highest BCUT2D eigenvalue weighted by Crippen LogP contribution is 2.55. The summed E-state index contributed by atoms with van der Waals surface area (Å²) >= 11 is 0. The lowest BCUT2D eigenvalue weighted by Gasteiger charge is -2.38. The molecule has 2 aromatic rings. The number of carbonyl (C=O) groups excluding carboxylic acids is 4. The van der Waals surface area contributed by atoms with Crippen molar-refractivity contribution in [3.63, 3.8) is 0 Å². The van der Waals surface area contributed by atoms with E-state index in [4.69, 9.17) is 18.9 Å². The van der Waals surface area contributed by atoms with Crippen LogP contribution in [0.4, 0.5) is 5.69 Å². The second kappa shape index (κ2) is 15.4. The molecule has 14 heteroatoms. The van der Waals surface area contributed by atoms with Gasteiger partial charge in [0, 0.05) is 61.2 Å². The van der Waals surface area contributed by atoms with E-state index in [1.54, 1.807) is 33.8 Å². The van der Waals surface area contributed by atoms with Crippen LogP contribution < -0.4 is 10.1 Å². The number of nitrogens with one attached hydrogen (secondary N) is 1. The topological polar surface area (TPSA) is 218 Å². The lowest BCUT2D eigenvalue weighted by Crippen LogP contribution is -2.46. The average Bonchev–Trinajstić information content (AvgIpc) is 3.36. The first-order valence-corrected chi connectivity index (χ1v) is 16.9. The summed E-state index contributed by atoms with van der Waals surface area (Å²) in [5.74, 6) is -9.19. The van der Waals surface area contributed by atoms with E-state index in [2.05, 4.69) is 5.32 Å². The molecule has 5 rings (SSSR count). The number of fused-ring (bicyclic) bond motifs is 14. The summed E-state index contributed by atoms with van der Waals surface area (Å²) < 4.78 is 23.1. The van der Waals surface area contributed by atoms with Crippen LogP contribution in [-0.2, 0) is 23.8 Å².